The van der Waals surface area contributed by atoms with Gasteiger partial charge in [-0.05, 0) is 154 Å². The molecule has 2 saturated carbocycles. The summed E-state index contributed by atoms with van der Waals surface area (Å²) in [5, 5.41) is 11.1. The van der Waals surface area contributed by atoms with Gasteiger partial charge in [0, 0.05) is 70.3 Å². The molecule has 0 spiro atoms. The lowest BCUT2D eigenvalue weighted by atomic mass is 9.77. The van der Waals surface area contributed by atoms with Crippen LogP contribution in [-0.4, -0.2) is 71.4 Å². The van der Waals surface area contributed by atoms with Crippen LogP contribution in [0.1, 0.15) is 140 Å². The van der Waals surface area contributed by atoms with E-state index in [0.717, 1.165) is 119 Å². The molecule has 66 heavy (non-hydrogen) atoms. The van der Waals surface area contributed by atoms with Crippen molar-refractivity contribution in [3.8, 4) is 22.3 Å². The van der Waals surface area contributed by atoms with Gasteiger partial charge in [-0.15, -0.1) is 0 Å². The molecule has 2 fully saturated rings. The maximum atomic E-state index is 15.2. The van der Waals surface area contributed by atoms with Crippen molar-refractivity contribution in [2.75, 3.05) is 14.1 Å². The molecule has 6 amide bonds. The molecule has 4 aliphatic rings. The van der Waals surface area contributed by atoms with Crippen LogP contribution in [0.3, 0.4) is 0 Å². The summed E-state index contributed by atoms with van der Waals surface area (Å²) < 4.78 is 0. The van der Waals surface area contributed by atoms with E-state index in [2.05, 4.69) is 10.6 Å². The molecule has 2 aliphatic heterocycles. The monoisotopic (exact) mass is 876 g/mol. The van der Waals surface area contributed by atoms with E-state index in [9.17, 15) is 19.2 Å². The highest BCUT2D eigenvalue weighted by Crippen LogP contribution is 2.52. The molecule has 11 rings (SSSR count). The molecule has 0 unspecified atom stereocenters. The van der Waals surface area contributed by atoms with Crippen molar-refractivity contribution >= 4 is 78.5 Å². The molecular weight excluding hydrogens is 825 g/mol. The first kappa shape index (κ1) is 41.7. The minimum Gasteiger partial charge on any atom is -0.355 e. The van der Waals surface area contributed by atoms with Gasteiger partial charge < -0.3 is 10.6 Å². The Balaban J connectivity index is 1.25. The average Bonchev–Trinajstić information content (AvgIpc) is 3.36. The number of rotatable bonds is 8. The van der Waals surface area contributed by atoms with Crippen LogP contribution < -0.4 is 10.6 Å². The molecule has 0 radical (unpaired) electrons. The second-order valence-corrected chi connectivity index (χ2v) is 19.1. The summed E-state index contributed by atoms with van der Waals surface area (Å²) in [6, 6.07) is 25.5. The second kappa shape index (κ2) is 15.9. The number of carbonyl (C=O) groups is 6. The van der Waals surface area contributed by atoms with Crippen molar-refractivity contribution in [2.24, 2.45) is 11.8 Å². The summed E-state index contributed by atoms with van der Waals surface area (Å²) in [4.78, 5) is 88.7. The highest BCUT2D eigenvalue weighted by atomic mass is 16.2. The number of nitrogens with one attached hydrogen (secondary N) is 2. The van der Waals surface area contributed by atoms with Crippen LogP contribution in [-0.2, 0) is 0 Å². The van der Waals surface area contributed by atoms with Crippen LogP contribution in [0, 0.1) is 11.8 Å². The fourth-order valence-corrected chi connectivity index (χ4v) is 12.2. The van der Waals surface area contributed by atoms with Crippen LogP contribution in [0.4, 0.5) is 0 Å². The summed E-state index contributed by atoms with van der Waals surface area (Å²) in [5.41, 5.74) is 5.72. The lowest BCUT2D eigenvalue weighted by molar-refractivity contribution is 0.0460. The Hall–Kier alpha value is -6.94. The molecule has 2 N–H and O–H groups in total. The van der Waals surface area contributed by atoms with Gasteiger partial charge in [0.15, 0.2) is 0 Å². The average molecular weight is 877 g/mol. The van der Waals surface area contributed by atoms with Crippen LogP contribution in [0.5, 0.6) is 0 Å². The van der Waals surface area contributed by atoms with Gasteiger partial charge >= 0.3 is 0 Å². The number of amides is 6. The molecule has 0 saturated heterocycles. The van der Waals surface area contributed by atoms with Crippen molar-refractivity contribution in [1.29, 1.82) is 0 Å². The van der Waals surface area contributed by atoms with E-state index < -0.39 is 0 Å². The first-order valence-electron chi connectivity index (χ1n) is 23.7. The van der Waals surface area contributed by atoms with Gasteiger partial charge in [-0.25, -0.2) is 0 Å². The SMILES string of the molecule is CNC(=O)c1ccc(-c2cc3c4c(ccc5c6c(-c7ccc(C(=O)NC)cc7)cc7c8c(ccc(c2c45)c86)C(=O)N([C@@H](C)C2CCCCC2)C7=O)C(=O)N([C@@H](C)C2CCCCC2)C3=O)cc1. The Labute approximate surface area is 383 Å². The smallest absolute Gasteiger partial charge is 0.261 e. The molecule has 0 bridgehead atoms. The summed E-state index contributed by atoms with van der Waals surface area (Å²) in [7, 11) is 3.18. The van der Waals surface area contributed by atoms with E-state index in [1.165, 1.54) is 9.80 Å². The van der Waals surface area contributed by atoms with E-state index in [4.69, 9.17) is 0 Å². The fourth-order valence-electron chi connectivity index (χ4n) is 12.2. The van der Waals surface area contributed by atoms with Crippen molar-refractivity contribution in [3.63, 3.8) is 0 Å². The van der Waals surface area contributed by atoms with Gasteiger partial charge in [0.05, 0.1) is 0 Å². The minimum atomic E-state index is -0.332. The predicted octanol–water partition coefficient (Wildman–Crippen LogP) is 10.9. The van der Waals surface area contributed by atoms with E-state index in [-0.39, 0.29) is 59.4 Å². The van der Waals surface area contributed by atoms with Crippen molar-refractivity contribution in [3.05, 3.63) is 118 Å². The normalized spacial score (nSPS) is 17.9. The van der Waals surface area contributed by atoms with Crippen LogP contribution in [0.15, 0.2) is 84.9 Å². The standard InChI is InChI=1S/C56H52N4O6/c1-29(31-11-7-5-8-12-31)59-53(63)39-25-23-37-46-42(34-17-21-36(22-18-34)52(62)58-4)28-44-48-40(54(64)60(56(44)66)30(2)32-13-9-6-10-14-32)26-24-38(50(46)48)45-41(27-43(55(59)65)47(39)49(37)45)33-15-19-35(20-16-33)51(61)57-3/h15-32H,5-14H2,1-4H3,(H,57,61)(H,58,62)/t29-,30-/m0/s1. The number of carbonyl (C=O) groups excluding carboxylic acids is 6. The minimum absolute atomic E-state index is 0.202. The molecule has 332 valence electrons. The van der Waals surface area contributed by atoms with Crippen molar-refractivity contribution in [2.45, 2.75) is 90.1 Å². The summed E-state index contributed by atoms with van der Waals surface area (Å²) in [5.74, 6) is -1.33. The van der Waals surface area contributed by atoms with Crippen LogP contribution in [0.25, 0.3) is 65.3 Å². The third-order valence-corrected chi connectivity index (χ3v) is 15.7. The van der Waals surface area contributed by atoms with E-state index >= 15 is 9.59 Å². The summed E-state index contributed by atoms with van der Waals surface area (Å²) >= 11 is 0. The highest BCUT2D eigenvalue weighted by Gasteiger charge is 2.43. The molecule has 10 heteroatoms. The van der Waals surface area contributed by atoms with Gasteiger partial charge in [-0.3, -0.25) is 38.6 Å². The lowest BCUT2D eigenvalue weighted by Crippen LogP contribution is -2.49. The zero-order valence-electron chi connectivity index (χ0n) is 37.8. The van der Waals surface area contributed by atoms with Gasteiger partial charge in [0.25, 0.3) is 35.4 Å². The molecule has 2 atom stereocenters. The van der Waals surface area contributed by atoms with E-state index in [1.807, 2.05) is 74.5 Å². The third-order valence-electron chi connectivity index (χ3n) is 15.7. The largest absolute Gasteiger partial charge is 0.355 e. The van der Waals surface area contributed by atoms with Crippen molar-refractivity contribution in [1.82, 2.24) is 20.4 Å². The molecule has 10 nitrogen and oxygen atoms in total. The van der Waals surface area contributed by atoms with Gasteiger partial charge in [0.2, 0.25) is 0 Å². The molecule has 7 aromatic rings. The summed E-state index contributed by atoms with van der Waals surface area (Å²) in [6.45, 7) is 4.02. The molecule has 0 aromatic heterocycles. The van der Waals surface area contributed by atoms with Crippen molar-refractivity contribution < 1.29 is 28.8 Å². The number of nitrogens with zero attached hydrogens (tertiary/aromatic N) is 2. The quantitative estimate of drug-likeness (QED) is 0.0887. The number of fused-ring (bicyclic) bond motifs is 2. The Morgan fingerprint density at radius 1 is 0.439 bits per heavy atom. The number of hydrogen-bond acceptors (Lipinski definition) is 6. The first-order chi connectivity index (χ1) is 32.0. The van der Waals surface area contributed by atoms with Gasteiger partial charge in [-0.1, -0.05) is 74.9 Å². The Morgan fingerprint density at radius 3 is 1.14 bits per heavy atom. The summed E-state index contributed by atoms with van der Waals surface area (Å²) in [6.07, 6.45) is 10.4. The number of imide groups is 2. The highest BCUT2D eigenvalue weighted by molar-refractivity contribution is 6.44. The fraction of sp³-hybridized carbons (Fsp3) is 0.321. The molecular formula is C56H52N4O6. The van der Waals surface area contributed by atoms with E-state index in [0.29, 0.717) is 44.2 Å². The maximum Gasteiger partial charge on any atom is 0.261 e. The number of hydrogen-bond donors (Lipinski definition) is 2. The van der Waals surface area contributed by atoms with Crippen LogP contribution in [0.2, 0.25) is 0 Å². The Bertz CT molecular complexity index is 3020. The van der Waals surface area contributed by atoms with Gasteiger partial charge in [-0.2, -0.15) is 0 Å². The topological polar surface area (TPSA) is 133 Å². The number of benzene rings is 7. The maximum absolute atomic E-state index is 15.2. The molecule has 2 aliphatic carbocycles. The zero-order valence-corrected chi connectivity index (χ0v) is 37.8. The van der Waals surface area contributed by atoms with Crippen LogP contribution >= 0.6 is 0 Å². The van der Waals surface area contributed by atoms with Gasteiger partial charge in [0.1, 0.15) is 0 Å². The molecule has 7 aromatic carbocycles. The second-order valence-electron chi connectivity index (χ2n) is 19.1. The first-order valence-corrected chi connectivity index (χ1v) is 23.7. The lowest BCUT2D eigenvalue weighted by Gasteiger charge is -2.39. The Morgan fingerprint density at radius 2 is 0.788 bits per heavy atom. The predicted molar refractivity (Wildman–Crippen MR) is 258 cm³/mol. The van der Waals surface area contributed by atoms with E-state index in [1.54, 1.807) is 38.4 Å². The third kappa shape index (κ3) is 6.13. The zero-order chi connectivity index (χ0) is 45.7. The molecule has 2 heterocycles. The Kier molecular flexibility index (Phi) is 10.1.